The summed E-state index contributed by atoms with van der Waals surface area (Å²) in [6.45, 7) is 7.38. The summed E-state index contributed by atoms with van der Waals surface area (Å²) in [7, 11) is 2.18. The Bertz CT molecular complexity index is 275. The lowest BCUT2D eigenvalue weighted by atomic mass is 9.90. The smallest absolute Gasteiger partial charge is 0.199 e. The zero-order valence-corrected chi connectivity index (χ0v) is 11.9. The molecule has 0 saturated carbocycles. The number of aliphatic imine (C=N–C) groups is 1. The Balaban J connectivity index is 2.10. The average molecular weight is 322 g/mol. The zero-order valence-electron chi connectivity index (χ0n) is 9.72. The topological polar surface area (TPSA) is 24.8 Å². The van der Waals surface area contributed by atoms with Gasteiger partial charge in [0.2, 0.25) is 0 Å². The third-order valence-electron chi connectivity index (χ3n) is 3.24. The fraction of sp³-hybridized carbons (Fsp3) is 0.909. The number of alkyl halides is 1. The van der Waals surface area contributed by atoms with Crippen molar-refractivity contribution < 1.29 is 4.74 Å². The standard InChI is InChI=1S/C11H19IN2O/c1-10(2,12)9-13-11(8-15-9)4-6-14(3)7-5-11/h4-8H2,1-3H3. The van der Waals surface area contributed by atoms with E-state index in [-0.39, 0.29) is 8.96 Å². The van der Waals surface area contributed by atoms with Crippen LogP contribution in [0.5, 0.6) is 0 Å². The van der Waals surface area contributed by atoms with E-state index in [1.165, 1.54) is 0 Å². The van der Waals surface area contributed by atoms with Crippen molar-refractivity contribution in [3.8, 4) is 0 Å². The molecule has 0 unspecified atom stereocenters. The molecule has 2 heterocycles. The van der Waals surface area contributed by atoms with Crippen molar-refractivity contribution in [3.05, 3.63) is 0 Å². The molecule has 2 aliphatic rings. The molecule has 0 N–H and O–H groups in total. The highest BCUT2D eigenvalue weighted by atomic mass is 127. The minimum Gasteiger partial charge on any atom is -0.477 e. The second-order valence-electron chi connectivity index (χ2n) is 5.21. The van der Waals surface area contributed by atoms with Gasteiger partial charge in [0.25, 0.3) is 0 Å². The molecule has 0 atom stereocenters. The van der Waals surface area contributed by atoms with Gasteiger partial charge in [-0.05, 0) is 33.7 Å². The van der Waals surface area contributed by atoms with E-state index in [4.69, 9.17) is 9.73 Å². The molecule has 1 spiro atoms. The van der Waals surface area contributed by atoms with Crippen molar-refractivity contribution >= 4 is 28.5 Å². The van der Waals surface area contributed by atoms with Gasteiger partial charge in [0, 0.05) is 13.1 Å². The largest absolute Gasteiger partial charge is 0.477 e. The highest BCUT2D eigenvalue weighted by Crippen LogP contribution is 2.34. The van der Waals surface area contributed by atoms with E-state index in [1.54, 1.807) is 0 Å². The highest BCUT2D eigenvalue weighted by molar-refractivity contribution is 14.1. The maximum atomic E-state index is 5.77. The van der Waals surface area contributed by atoms with Crippen LogP contribution in [0.1, 0.15) is 26.7 Å². The Labute approximate surface area is 105 Å². The fourth-order valence-corrected chi connectivity index (χ4v) is 2.35. The average Bonchev–Trinajstić information content (AvgIpc) is 2.55. The lowest BCUT2D eigenvalue weighted by Gasteiger charge is -2.33. The number of nitrogens with zero attached hydrogens (tertiary/aromatic N) is 2. The van der Waals surface area contributed by atoms with Crippen LogP contribution in [0.4, 0.5) is 0 Å². The number of hydrogen-bond donors (Lipinski definition) is 0. The lowest BCUT2D eigenvalue weighted by Crippen LogP contribution is -2.42. The first-order chi connectivity index (χ1) is 6.91. The Morgan fingerprint density at radius 2 is 2.00 bits per heavy atom. The second-order valence-corrected chi connectivity index (χ2v) is 7.90. The van der Waals surface area contributed by atoms with Gasteiger partial charge in [0.05, 0.1) is 3.42 Å². The monoisotopic (exact) mass is 322 g/mol. The van der Waals surface area contributed by atoms with Gasteiger partial charge in [0.15, 0.2) is 5.90 Å². The van der Waals surface area contributed by atoms with Crippen molar-refractivity contribution in [2.24, 2.45) is 4.99 Å². The Hall–Kier alpha value is 0.160. The van der Waals surface area contributed by atoms with Gasteiger partial charge in [-0.25, -0.2) is 4.99 Å². The molecule has 0 aromatic carbocycles. The normalized spacial score (nSPS) is 26.5. The molecule has 0 bridgehead atoms. The molecule has 15 heavy (non-hydrogen) atoms. The van der Waals surface area contributed by atoms with Gasteiger partial charge in [-0.1, -0.05) is 22.6 Å². The molecule has 2 aliphatic heterocycles. The van der Waals surface area contributed by atoms with E-state index >= 15 is 0 Å². The predicted octanol–water partition coefficient (Wildman–Crippen LogP) is 2.09. The van der Waals surface area contributed by atoms with E-state index in [0.717, 1.165) is 38.4 Å². The van der Waals surface area contributed by atoms with Gasteiger partial charge in [-0.3, -0.25) is 0 Å². The number of hydrogen-bond acceptors (Lipinski definition) is 3. The maximum absolute atomic E-state index is 5.77. The number of likely N-dealkylation sites (tertiary alicyclic amines) is 1. The SMILES string of the molecule is CN1CCC2(CC1)COC(C(C)(C)I)=N2. The highest BCUT2D eigenvalue weighted by Gasteiger charge is 2.42. The van der Waals surface area contributed by atoms with Crippen LogP contribution in [0.25, 0.3) is 0 Å². The van der Waals surface area contributed by atoms with Gasteiger partial charge in [-0.15, -0.1) is 0 Å². The van der Waals surface area contributed by atoms with Crippen LogP contribution >= 0.6 is 22.6 Å². The van der Waals surface area contributed by atoms with E-state index in [1.807, 2.05) is 0 Å². The number of piperidine rings is 1. The first-order valence-electron chi connectivity index (χ1n) is 5.52. The Morgan fingerprint density at radius 1 is 1.40 bits per heavy atom. The zero-order chi connectivity index (χ0) is 11.1. The predicted molar refractivity (Wildman–Crippen MR) is 70.9 cm³/mol. The van der Waals surface area contributed by atoms with Crippen LogP contribution in [0.15, 0.2) is 4.99 Å². The fourth-order valence-electron chi connectivity index (χ4n) is 2.08. The summed E-state index contributed by atoms with van der Waals surface area (Å²) in [6, 6.07) is 0. The molecular formula is C11H19IN2O. The first-order valence-corrected chi connectivity index (χ1v) is 6.60. The van der Waals surface area contributed by atoms with Crippen LogP contribution < -0.4 is 0 Å². The molecule has 3 nitrogen and oxygen atoms in total. The molecule has 0 aliphatic carbocycles. The molecule has 1 saturated heterocycles. The van der Waals surface area contributed by atoms with Crippen LogP contribution in [0.3, 0.4) is 0 Å². The van der Waals surface area contributed by atoms with Gasteiger partial charge in [-0.2, -0.15) is 0 Å². The molecular weight excluding hydrogens is 303 g/mol. The summed E-state index contributed by atoms with van der Waals surface area (Å²) < 4.78 is 5.80. The number of rotatable bonds is 1. The minimum absolute atomic E-state index is 0.0324. The maximum Gasteiger partial charge on any atom is 0.199 e. The summed E-state index contributed by atoms with van der Waals surface area (Å²) in [4.78, 5) is 7.21. The Kier molecular flexibility index (Phi) is 3.01. The van der Waals surface area contributed by atoms with E-state index in [9.17, 15) is 0 Å². The molecule has 86 valence electrons. The second kappa shape index (κ2) is 3.87. The van der Waals surface area contributed by atoms with Crippen LogP contribution in [-0.4, -0.2) is 46.5 Å². The van der Waals surface area contributed by atoms with Crippen LogP contribution in [-0.2, 0) is 4.74 Å². The van der Waals surface area contributed by atoms with Gasteiger partial charge >= 0.3 is 0 Å². The third kappa shape index (κ3) is 2.46. The van der Waals surface area contributed by atoms with Crippen molar-refractivity contribution in [1.82, 2.24) is 4.90 Å². The molecule has 0 radical (unpaired) electrons. The van der Waals surface area contributed by atoms with Crippen molar-refractivity contribution in [1.29, 1.82) is 0 Å². The molecule has 4 heteroatoms. The summed E-state index contributed by atoms with van der Waals surface area (Å²) in [6.07, 6.45) is 2.28. The van der Waals surface area contributed by atoms with Crippen molar-refractivity contribution in [3.63, 3.8) is 0 Å². The number of halogens is 1. The van der Waals surface area contributed by atoms with E-state index < -0.39 is 0 Å². The van der Waals surface area contributed by atoms with E-state index in [2.05, 4.69) is 48.4 Å². The minimum atomic E-state index is 0.0324. The van der Waals surface area contributed by atoms with Crippen LogP contribution in [0, 0.1) is 0 Å². The quantitative estimate of drug-likeness (QED) is 0.545. The molecule has 0 amide bonds. The first kappa shape index (κ1) is 11.6. The van der Waals surface area contributed by atoms with Crippen molar-refractivity contribution in [2.45, 2.75) is 35.6 Å². The summed E-state index contributed by atoms with van der Waals surface area (Å²) in [5.74, 6) is 0.938. The molecule has 1 fully saturated rings. The van der Waals surface area contributed by atoms with Crippen LogP contribution in [0.2, 0.25) is 0 Å². The summed E-state index contributed by atoms with van der Waals surface area (Å²) in [5.41, 5.74) is 0.101. The molecule has 2 rings (SSSR count). The summed E-state index contributed by atoms with van der Waals surface area (Å²) >= 11 is 2.40. The van der Waals surface area contributed by atoms with Gasteiger partial charge < -0.3 is 9.64 Å². The Morgan fingerprint density at radius 3 is 2.47 bits per heavy atom. The van der Waals surface area contributed by atoms with Crippen molar-refractivity contribution in [2.75, 3.05) is 26.7 Å². The van der Waals surface area contributed by atoms with E-state index in [0.29, 0.717) is 0 Å². The van der Waals surface area contributed by atoms with Gasteiger partial charge in [0.1, 0.15) is 12.1 Å². The molecule has 0 aromatic heterocycles. The third-order valence-corrected chi connectivity index (χ3v) is 3.70. The number of ether oxygens (including phenoxy) is 1. The molecule has 0 aromatic rings. The summed E-state index contributed by atoms with van der Waals surface area (Å²) in [5, 5.41) is 0. The lowest BCUT2D eigenvalue weighted by molar-refractivity contribution is 0.153.